The van der Waals surface area contributed by atoms with Gasteiger partial charge in [-0.05, 0) is 44.2 Å². The Morgan fingerprint density at radius 3 is 2.96 bits per heavy atom. The van der Waals surface area contributed by atoms with E-state index in [2.05, 4.69) is 15.3 Å². The van der Waals surface area contributed by atoms with Crippen LogP contribution in [0, 0.1) is 0 Å². The first kappa shape index (κ1) is 18.3. The van der Waals surface area contributed by atoms with Crippen LogP contribution in [0.3, 0.4) is 0 Å². The molecule has 1 N–H and O–H groups in total. The normalized spacial score (nSPS) is 14.9. The van der Waals surface area contributed by atoms with Crippen LogP contribution >= 0.6 is 11.3 Å². The lowest BCUT2D eigenvalue weighted by Crippen LogP contribution is -2.36. The number of amides is 1. The van der Waals surface area contributed by atoms with Gasteiger partial charge in [0.25, 0.3) is 5.91 Å². The summed E-state index contributed by atoms with van der Waals surface area (Å²) in [4.78, 5) is 33.5. The second-order valence-corrected chi connectivity index (χ2v) is 8.10. The molecule has 0 aliphatic carbocycles. The predicted octanol–water partition coefficient (Wildman–Crippen LogP) is 3.88. The predicted molar refractivity (Wildman–Crippen MR) is 107 cm³/mol. The van der Waals surface area contributed by atoms with E-state index in [0.29, 0.717) is 29.8 Å². The molecular weight excluding hydrogens is 374 g/mol. The van der Waals surface area contributed by atoms with Gasteiger partial charge in [0, 0.05) is 28.9 Å². The van der Waals surface area contributed by atoms with Crippen LogP contribution in [0.25, 0.3) is 10.6 Å². The number of pyridine rings is 1. The molecule has 0 bridgehead atoms. The van der Waals surface area contributed by atoms with Crippen LogP contribution in [0.5, 0.6) is 5.75 Å². The van der Waals surface area contributed by atoms with Crippen molar-refractivity contribution in [2.24, 2.45) is 0 Å². The van der Waals surface area contributed by atoms with E-state index in [9.17, 15) is 9.59 Å². The highest BCUT2D eigenvalue weighted by atomic mass is 32.1. The van der Waals surface area contributed by atoms with Gasteiger partial charge in [-0.15, -0.1) is 11.3 Å². The van der Waals surface area contributed by atoms with Gasteiger partial charge in [0.1, 0.15) is 16.4 Å². The number of Topliss-reactive ketones (excluding diaryl/α,β-unsaturated/α-hetero) is 1. The molecule has 7 heteroatoms. The van der Waals surface area contributed by atoms with Crippen molar-refractivity contribution in [3.63, 3.8) is 0 Å². The smallest absolute Gasteiger partial charge is 0.251 e. The Labute approximate surface area is 166 Å². The van der Waals surface area contributed by atoms with E-state index in [1.165, 1.54) is 11.3 Å². The number of hydrogen-bond acceptors (Lipinski definition) is 6. The molecule has 1 amide bonds. The van der Waals surface area contributed by atoms with Crippen LogP contribution in [0.4, 0.5) is 0 Å². The number of aromatic nitrogens is 2. The second kappa shape index (κ2) is 7.16. The highest BCUT2D eigenvalue weighted by Gasteiger charge is 2.32. The highest BCUT2D eigenvalue weighted by Crippen LogP contribution is 2.33. The zero-order chi connectivity index (χ0) is 19.7. The summed E-state index contributed by atoms with van der Waals surface area (Å²) < 4.78 is 5.83. The van der Waals surface area contributed by atoms with Crippen molar-refractivity contribution in [1.29, 1.82) is 0 Å². The minimum atomic E-state index is -0.523. The number of fused-ring (bicyclic) bond motifs is 1. The molecule has 3 heterocycles. The molecule has 0 radical (unpaired) electrons. The number of nitrogens with one attached hydrogen (secondary N) is 1. The summed E-state index contributed by atoms with van der Waals surface area (Å²) in [6.07, 6.45) is 3.77. The van der Waals surface area contributed by atoms with Crippen LogP contribution in [0.15, 0.2) is 48.1 Å². The van der Waals surface area contributed by atoms with Gasteiger partial charge in [0.2, 0.25) is 0 Å². The number of hydrogen-bond donors (Lipinski definition) is 1. The number of ether oxygens (including phenoxy) is 1. The summed E-state index contributed by atoms with van der Waals surface area (Å²) in [5.74, 6) is 0.260. The molecule has 1 aliphatic heterocycles. The van der Waals surface area contributed by atoms with Crippen molar-refractivity contribution in [3.8, 4) is 16.3 Å². The molecule has 0 unspecified atom stereocenters. The molecule has 0 spiro atoms. The Morgan fingerprint density at radius 1 is 1.32 bits per heavy atom. The molecule has 142 valence electrons. The summed E-state index contributed by atoms with van der Waals surface area (Å²) in [6.45, 7) is 4.06. The number of thiazole rings is 1. The van der Waals surface area contributed by atoms with Crippen molar-refractivity contribution < 1.29 is 14.3 Å². The maximum atomic E-state index is 12.5. The highest BCUT2D eigenvalue weighted by molar-refractivity contribution is 7.13. The fourth-order valence-electron chi connectivity index (χ4n) is 3.08. The van der Waals surface area contributed by atoms with E-state index in [4.69, 9.17) is 4.74 Å². The monoisotopic (exact) mass is 393 g/mol. The third kappa shape index (κ3) is 3.80. The molecule has 2 aromatic heterocycles. The summed E-state index contributed by atoms with van der Waals surface area (Å²) in [6, 6.07) is 8.77. The van der Waals surface area contributed by atoms with Crippen LogP contribution in [-0.4, -0.2) is 27.3 Å². The minimum absolute atomic E-state index is 0.0125. The summed E-state index contributed by atoms with van der Waals surface area (Å²) in [5.41, 5.74) is 2.08. The quantitative estimate of drug-likeness (QED) is 0.727. The molecule has 28 heavy (non-hydrogen) atoms. The van der Waals surface area contributed by atoms with Crippen LogP contribution < -0.4 is 10.1 Å². The average molecular weight is 393 g/mol. The van der Waals surface area contributed by atoms with Gasteiger partial charge >= 0.3 is 0 Å². The third-order valence-corrected chi connectivity index (χ3v) is 5.35. The SMILES string of the molecule is CC1(C)CC(=O)c2cc(C(=O)NCc3csc(-c4cccnc4)n3)ccc2O1. The zero-order valence-electron chi connectivity index (χ0n) is 15.6. The van der Waals surface area contributed by atoms with Crippen LogP contribution in [0.1, 0.15) is 46.7 Å². The fraction of sp³-hybridized carbons (Fsp3) is 0.238. The molecule has 3 aromatic rings. The van der Waals surface area contributed by atoms with Crippen molar-refractivity contribution in [3.05, 3.63) is 64.9 Å². The van der Waals surface area contributed by atoms with E-state index < -0.39 is 5.60 Å². The van der Waals surface area contributed by atoms with Gasteiger partial charge < -0.3 is 10.1 Å². The molecule has 1 aliphatic rings. The van der Waals surface area contributed by atoms with Crippen LogP contribution in [0.2, 0.25) is 0 Å². The number of carbonyl (C=O) groups excluding carboxylic acids is 2. The first-order valence-electron chi connectivity index (χ1n) is 8.90. The summed E-state index contributed by atoms with van der Waals surface area (Å²) >= 11 is 1.51. The lowest BCUT2D eigenvalue weighted by atomic mass is 9.92. The third-order valence-electron chi connectivity index (χ3n) is 4.40. The molecule has 1 aromatic carbocycles. The summed E-state index contributed by atoms with van der Waals surface area (Å²) in [7, 11) is 0. The van der Waals surface area contributed by atoms with Crippen molar-refractivity contribution in [1.82, 2.24) is 15.3 Å². The van der Waals surface area contributed by atoms with E-state index in [0.717, 1.165) is 16.3 Å². The standard InChI is InChI=1S/C21H19N3O3S/c1-21(2)9-17(25)16-8-13(5-6-18(16)27-21)19(26)23-11-15-12-28-20(24-15)14-4-3-7-22-10-14/h3-8,10,12H,9,11H2,1-2H3,(H,23,26). The number of carbonyl (C=O) groups is 2. The Hall–Kier alpha value is -3.06. The molecule has 0 saturated heterocycles. The van der Waals surface area contributed by atoms with Crippen molar-refractivity contribution in [2.75, 3.05) is 0 Å². The number of benzene rings is 1. The van der Waals surface area contributed by atoms with Gasteiger partial charge in [-0.1, -0.05) is 0 Å². The minimum Gasteiger partial charge on any atom is -0.487 e. The fourth-order valence-corrected chi connectivity index (χ4v) is 3.89. The van der Waals surface area contributed by atoms with E-state index in [1.54, 1.807) is 30.6 Å². The first-order chi connectivity index (χ1) is 13.4. The molecule has 0 fully saturated rings. The molecule has 4 rings (SSSR count). The van der Waals surface area contributed by atoms with Gasteiger partial charge in [0.05, 0.1) is 24.2 Å². The van der Waals surface area contributed by atoms with Gasteiger partial charge in [-0.25, -0.2) is 4.98 Å². The Bertz CT molecular complexity index is 1040. The second-order valence-electron chi connectivity index (χ2n) is 7.24. The Kier molecular flexibility index (Phi) is 4.68. The first-order valence-corrected chi connectivity index (χ1v) is 9.78. The summed E-state index contributed by atoms with van der Waals surface area (Å²) in [5, 5.41) is 5.62. The van der Waals surface area contributed by atoms with Crippen molar-refractivity contribution in [2.45, 2.75) is 32.4 Å². The van der Waals surface area contributed by atoms with Gasteiger partial charge in [-0.3, -0.25) is 14.6 Å². The van der Waals surface area contributed by atoms with E-state index in [1.807, 2.05) is 31.4 Å². The lowest BCUT2D eigenvalue weighted by molar-refractivity contribution is 0.0620. The zero-order valence-corrected chi connectivity index (χ0v) is 16.4. The number of rotatable bonds is 4. The maximum Gasteiger partial charge on any atom is 0.251 e. The largest absolute Gasteiger partial charge is 0.487 e. The Balaban J connectivity index is 1.44. The lowest BCUT2D eigenvalue weighted by Gasteiger charge is -2.31. The molecule has 6 nitrogen and oxygen atoms in total. The molecule has 0 atom stereocenters. The topological polar surface area (TPSA) is 81.2 Å². The van der Waals surface area contributed by atoms with Gasteiger partial charge in [-0.2, -0.15) is 0 Å². The van der Waals surface area contributed by atoms with E-state index in [-0.39, 0.29) is 11.7 Å². The number of nitrogens with zero attached hydrogens (tertiary/aromatic N) is 2. The van der Waals surface area contributed by atoms with Crippen LogP contribution in [-0.2, 0) is 6.54 Å². The average Bonchev–Trinajstić information content (AvgIpc) is 3.15. The number of ketones is 1. The van der Waals surface area contributed by atoms with E-state index >= 15 is 0 Å². The molecular formula is C21H19N3O3S. The molecule has 0 saturated carbocycles. The van der Waals surface area contributed by atoms with Gasteiger partial charge in [0.15, 0.2) is 5.78 Å². The maximum absolute atomic E-state index is 12.5. The van der Waals surface area contributed by atoms with Crippen molar-refractivity contribution >= 4 is 23.0 Å². The Morgan fingerprint density at radius 2 is 2.18 bits per heavy atom.